The van der Waals surface area contributed by atoms with Crippen LogP contribution < -0.4 is 4.31 Å². The van der Waals surface area contributed by atoms with E-state index in [4.69, 9.17) is 4.74 Å². The van der Waals surface area contributed by atoms with Crippen molar-refractivity contribution in [3.05, 3.63) is 59.7 Å². The standard InChI is InChI=1S/C21H22BrNO4S/c1-16-10-12-18(13-11-16)23(20(24)27-21(2,3)4)28(25,26)19-9-5-7-17(15-19)8-6-14-22/h5,7,9-13,15H,14H2,1-4H3. The number of aryl methyl sites for hydroxylation is 1. The van der Waals surface area contributed by atoms with E-state index in [1.54, 1.807) is 57.2 Å². The lowest BCUT2D eigenvalue weighted by molar-refractivity contribution is 0.0609. The predicted molar refractivity (Wildman–Crippen MR) is 114 cm³/mol. The highest BCUT2D eigenvalue weighted by Crippen LogP contribution is 2.27. The molecule has 0 fully saturated rings. The summed E-state index contributed by atoms with van der Waals surface area (Å²) in [5, 5.41) is 0.470. The number of ether oxygens (including phenoxy) is 1. The van der Waals surface area contributed by atoms with Gasteiger partial charge in [-0.25, -0.2) is 13.2 Å². The maximum atomic E-state index is 13.3. The zero-order chi connectivity index (χ0) is 20.9. The first-order valence-corrected chi connectivity index (χ1v) is 11.1. The van der Waals surface area contributed by atoms with E-state index >= 15 is 0 Å². The average molecular weight is 464 g/mol. The maximum Gasteiger partial charge on any atom is 0.429 e. The van der Waals surface area contributed by atoms with Crippen molar-refractivity contribution in [3.8, 4) is 11.8 Å². The number of hydrogen-bond donors (Lipinski definition) is 0. The third-order valence-corrected chi connectivity index (χ3v) is 5.47. The first-order valence-electron chi connectivity index (χ1n) is 8.54. The van der Waals surface area contributed by atoms with Crippen LogP contribution in [0.1, 0.15) is 31.9 Å². The molecule has 0 saturated carbocycles. The Morgan fingerprint density at radius 2 is 1.79 bits per heavy atom. The number of alkyl halides is 1. The number of nitrogens with zero attached hydrogens (tertiary/aromatic N) is 1. The maximum absolute atomic E-state index is 13.3. The van der Waals surface area contributed by atoms with Gasteiger partial charge in [0.15, 0.2) is 0 Å². The largest absolute Gasteiger partial charge is 0.443 e. The predicted octanol–water partition coefficient (Wildman–Crippen LogP) is 4.87. The molecule has 0 radical (unpaired) electrons. The average Bonchev–Trinajstić information content (AvgIpc) is 2.60. The molecule has 28 heavy (non-hydrogen) atoms. The molecule has 1 amide bonds. The van der Waals surface area contributed by atoms with E-state index in [-0.39, 0.29) is 10.6 Å². The molecule has 7 heteroatoms. The third-order valence-electron chi connectivity index (χ3n) is 3.50. The van der Waals surface area contributed by atoms with Crippen LogP contribution in [0.4, 0.5) is 10.5 Å². The summed E-state index contributed by atoms with van der Waals surface area (Å²) in [7, 11) is -4.21. The Morgan fingerprint density at radius 1 is 1.14 bits per heavy atom. The molecular formula is C21H22BrNO4S. The summed E-state index contributed by atoms with van der Waals surface area (Å²) < 4.78 is 32.7. The lowest BCUT2D eigenvalue weighted by Gasteiger charge is -2.27. The van der Waals surface area contributed by atoms with Crippen molar-refractivity contribution in [1.29, 1.82) is 0 Å². The number of amides is 1. The fourth-order valence-electron chi connectivity index (χ4n) is 2.30. The minimum absolute atomic E-state index is 0.0414. The Morgan fingerprint density at radius 3 is 2.36 bits per heavy atom. The minimum Gasteiger partial charge on any atom is -0.443 e. The van der Waals surface area contributed by atoms with Crippen molar-refractivity contribution < 1.29 is 17.9 Å². The van der Waals surface area contributed by atoms with Gasteiger partial charge in [-0.05, 0) is 58.0 Å². The molecule has 2 aromatic carbocycles. The fraction of sp³-hybridized carbons (Fsp3) is 0.286. The van der Waals surface area contributed by atoms with Gasteiger partial charge >= 0.3 is 6.09 Å². The van der Waals surface area contributed by atoms with E-state index in [0.717, 1.165) is 5.56 Å². The molecule has 0 aliphatic rings. The van der Waals surface area contributed by atoms with Crippen LogP contribution in [0.3, 0.4) is 0 Å². The molecule has 2 rings (SSSR count). The van der Waals surface area contributed by atoms with Gasteiger partial charge in [0.2, 0.25) is 0 Å². The van der Waals surface area contributed by atoms with Gasteiger partial charge in [0.25, 0.3) is 10.0 Å². The molecule has 0 N–H and O–H groups in total. The summed E-state index contributed by atoms with van der Waals surface area (Å²) in [4.78, 5) is 12.8. The topological polar surface area (TPSA) is 63.7 Å². The zero-order valence-corrected chi connectivity index (χ0v) is 18.6. The lowest BCUT2D eigenvalue weighted by Crippen LogP contribution is -2.41. The Balaban J connectivity index is 2.58. The van der Waals surface area contributed by atoms with Crippen LogP contribution in [0.5, 0.6) is 0 Å². The van der Waals surface area contributed by atoms with E-state index in [1.165, 1.54) is 12.1 Å². The van der Waals surface area contributed by atoms with Crippen LogP contribution in [-0.4, -0.2) is 25.4 Å². The quantitative estimate of drug-likeness (QED) is 0.480. The van der Waals surface area contributed by atoms with Gasteiger partial charge in [-0.3, -0.25) is 0 Å². The van der Waals surface area contributed by atoms with E-state index < -0.39 is 21.7 Å². The first kappa shape index (κ1) is 22.0. The van der Waals surface area contributed by atoms with Crippen molar-refractivity contribution >= 4 is 37.7 Å². The zero-order valence-electron chi connectivity index (χ0n) is 16.2. The molecule has 0 spiro atoms. The highest BCUT2D eigenvalue weighted by atomic mass is 79.9. The number of halogens is 1. The van der Waals surface area contributed by atoms with E-state index in [1.807, 2.05) is 6.92 Å². The Labute approximate surface area is 174 Å². The number of anilines is 1. The van der Waals surface area contributed by atoms with Crippen LogP contribution in [0.15, 0.2) is 53.4 Å². The van der Waals surface area contributed by atoms with E-state index in [0.29, 0.717) is 15.2 Å². The Hall–Kier alpha value is -2.30. The molecule has 0 bridgehead atoms. The van der Waals surface area contributed by atoms with Gasteiger partial charge in [-0.15, -0.1) is 0 Å². The van der Waals surface area contributed by atoms with Gasteiger partial charge in [0.1, 0.15) is 5.60 Å². The number of rotatable bonds is 3. The van der Waals surface area contributed by atoms with Crippen molar-refractivity contribution in [2.45, 2.75) is 38.2 Å². The Kier molecular flexibility index (Phi) is 6.91. The van der Waals surface area contributed by atoms with Gasteiger partial charge in [0.05, 0.1) is 15.9 Å². The summed E-state index contributed by atoms with van der Waals surface area (Å²) in [6.07, 6.45) is -0.965. The molecule has 0 saturated heterocycles. The molecule has 0 aliphatic carbocycles. The van der Waals surface area contributed by atoms with Crippen LogP contribution >= 0.6 is 15.9 Å². The van der Waals surface area contributed by atoms with Crippen molar-refractivity contribution in [3.63, 3.8) is 0 Å². The van der Waals surface area contributed by atoms with Crippen LogP contribution in [0.25, 0.3) is 0 Å². The molecule has 0 unspecified atom stereocenters. The second-order valence-electron chi connectivity index (χ2n) is 7.05. The smallest absolute Gasteiger partial charge is 0.429 e. The summed E-state index contributed by atoms with van der Waals surface area (Å²) in [6, 6.07) is 12.8. The lowest BCUT2D eigenvalue weighted by atomic mass is 10.2. The molecule has 0 aromatic heterocycles. The molecule has 0 aliphatic heterocycles. The highest BCUT2D eigenvalue weighted by Gasteiger charge is 2.34. The van der Waals surface area contributed by atoms with E-state index in [9.17, 15) is 13.2 Å². The minimum atomic E-state index is -4.21. The van der Waals surface area contributed by atoms with Gasteiger partial charge in [-0.2, -0.15) is 4.31 Å². The van der Waals surface area contributed by atoms with E-state index in [2.05, 4.69) is 27.8 Å². The number of carbonyl (C=O) groups is 1. The normalized spacial score (nSPS) is 11.3. The molecule has 5 nitrogen and oxygen atoms in total. The first-order chi connectivity index (χ1) is 13.0. The highest BCUT2D eigenvalue weighted by molar-refractivity contribution is 9.09. The van der Waals surface area contributed by atoms with Gasteiger partial charge in [0, 0.05) is 5.56 Å². The van der Waals surface area contributed by atoms with Gasteiger partial charge in [-0.1, -0.05) is 51.5 Å². The van der Waals surface area contributed by atoms with Crippen LogP contribution in [0.2, 0.25) is 0 Å². The van der Waals surface area contributed by atoms with Crippen molar-refractivity contribution in [2.24, 2.45) is 0 Å². The molecule has 2 aromatic rings. The third kappa shape index (κ3) is 5.60. The number of hydrogen-bond acceptors (Lipinski definition) is 4. The Bertz CT molecular complexity index is 1010. The summed E-state index contributed by atoms with van der Waals surface area (Å²) in [6.45, 7) is 6.92. The molecule has 0 heterocycles. The summed E-state index contributed by atoms with van der Waals surface area (Å²) in [5.41, 5.74) is 0.835. The van der Waals surface area contributed by atoms with Crippen LogP contribution in [0, 0.1) is 18.8 Å². The van der Waals surface area contributed by atoms with Crippen LogP contribution in [-0.2, 0) is 14.8 Å². The molecule has 0 atom stereocenters. The molecular weight excluding hydrogens is 442 g/mol. The summed E-state index contributed by atoms with van der Waals surface area (Å²) >= 11 is 3.21. The monoisotopic (exact) mass is 463 g/mol. The fourth-order valence-corrected chi connectivity index (χ4v) is 3.81. The van der Waals surface area contributed by atoms with Gasteiger partial charge < -0.3 is 4.74 Å². The second kappa shape index (κ2) is 8.80. The van der Waals surface area contributed by atoms with Crippen molar-refractivity contribution in [2.75, 3.05) is 9.64 Å². The van der Waals surface area contributed by atoms with Crippen molar-refractivity contribution in [1.82, 2.24) is 0 Å². The molecule has 148 valence electrons. The number of benzene rings is 2. The number of carbonyl (C=O) groups excluding carboxylic acids is 1. The SMILES string of the molecule is Cc1ccc(N(C(=O)OC(C)(C)C)S(=O)(=O)c2cccc(C#CCBr)c2)cc1. The number of sulfonamides is 1. The second-order valence-corrected chi connectivity index (χ2v) is 9.40. The summed E-state index contributed by atoms with van der Waals surface area (Å²) in [5.74, 6) is 5.70.